The second kappa shape index (κ2) is 6.29. The third kappa shape index (κ3) is 3.43. The summed E-state index contributed by atoms with van der Waals surface area (Å²) >= 11 is 0. The summed E-state index contributed by atoms with van der Waals surface area (Å²) in [4.78, 5) is 23.9. The van der Waals surface area contributed by atoms with E-state index in [-0.39, 0.29) is 12.5 Å². The van der Waals surface area contributed by atoms with Gasteiger partial charge in [-0.2, -0.15) is 0 Å². The fourth-order valence-electron chi connectivity index (χ4n) is 2.95. The summed E-state index contributed by atoms with van der Waals surface area (Å²) < 4.78 is 0. The predicted octanol–water partition coefficient (Wildman–Crippen LogP) is 3.01. The predicted molar refractivity (Wildman–Crippen MR) is 81.2 cm³/mol. The maximum Gasteiger partial charge on any atom is 0.311 e. The summed E-state index contributed by atoms with van der Waals surface area (Å²) in [5, 5.41) is 12.4. The molecule has 1 aromatic carbocycles. The molecule has 1 aromatic rings. The van der Waals surface area contributed by atoms with Gasteiger partial charge in [0.15, 0.2) is 0 Å². The largest absolute Gasteiger partial charge is 0.481 e. The molecule has 1 amide bonds. The lowest BCUT2D eigenvalue weighted by Crippen LogP contribution is -2.45. The Labute approximate surface area is 125 Å². The van der Waals surface area contributed by atoms with E-state index in [2.05, 4.69) is 12.2 Å². The molecule has 0 heterocycles. The van der Waals surface area contributed by atoms with Crippen LogP contribution in [0.15, 0.2) is 24.3 Å². The lowest BCUT2D eigenvalue weighted by atomic mass is 9.71. The molecular formula is C17H23NO3. The molecule has 1 fully saturated rings. The van der Waals surface area contributed by atoms with Crippen LogP contribution in [0.3, 0.4) is 0 Å². The smallest absolute Gasteiger partial charge is 0.311 e. The Bertz CT molecular complexity index is 531. The van der Waals surface area contributed by atoms with Gasteiger partial charge in [0.25, 0.3) is 5.91 Å². The van der Waals surface area contributed by atoms with Gasteiger partial charge in [-0.1, -0.05) is 25.1 Å². The number of amides is 1. The van der Waals surface area contributed by atoms with Gasteiger partial charge in [-0.25, -0.2) is 0 Å². The van der Waals surface area contributed by atoms with Gasteiger partial charge < -0.3 is 10.4 Å². The first kappa shape index (κ1) is 15.5. The number of benzene rings is 1. The van der Waals surface area contributed by atoms with Crippen molar-refractivity contribution in [1.29, 1.82) is 0 Å². The third-order valence-electron chi connectivity index (χ3n) is 4.66. The highest BCUT2D eigenvalue weighted by Crippen LogP contribution is 2.38. The molecule has 4 nitrogen and oxygen atoms in total. The second-order valence-electron chi connectivity index (χ2n) is 6.27. The number of rotatable bonds is 4. The maximum atomic E-state index is 12.2. The van der Waals surface area contributed by atoms with Gasteiger partial charge in [0, 0.05) is 12.1 Å². The van der Waals surface area contributed by atoms with E-state index in [9.17, 15) is 14.7 Å². The van der Waals surface area contributed by atoms with Crippen LogP contribution in [0.2, 0.25) is 0 Å². The lowest BCUT2D eigenvalue weighted by molar-refractivity contribution is -0.151. The van der Waals surface area contributed by atoms with E-state index < -0.39 is 11.4 Å². The van der Waals surface area contributed by atoms with Crippen LogP contribution in [0.1, 0.15) is 48.5 Å². The van der Waals surface area contributed by atoms with E-state index in [0.717, 1.165) is 18.4 Å². The molecule has 0 saturated heterocycles. The van der Waals surface area contributed by atoms with Crippen LogP contribution in [0.5, 0.6) is 0 Å². The second-order valence-corrected chi connectivity index (χ2v) is 6.27. The fraction of sp³-hybridized carbons (Fsp3) is 0.529. The molecule has 0 aromatic heterocycles. The van der Waals surface area contributed by atoms with Crippen LogP contribution in [-0.2, 0) is 4.79 Å². The molecule has 2 rings (SSSR count). The molecule has 0 radical (unpaired) electrons. The fourth-order valence-corrected chi connectivity index (χ4v) is 2.95. The molecule has 114 valence electrons. The number of carbonyl (C=O) groups excluding carboxylic acids is 1. The van der Waals surface area contributed by atoms with Crippen molar-refractivity contribution in [3.8, 4) is 0 Å². The van der Waals surface area contributed by atoms with E-state index in [4.69, 9.17) is 0 Å². The van der Waals surface area contributed by atoms with Crippen molar-refractivity contribution in [2.24, 2.45) is 11.3 Å². The monoisotopic (exact) mass is 289 g/mol. The standard InChI is InChI=1S/C17H23NO3/c1-12-7-9-17(10-8-12,16(20)21)11-18-15(19)14-6-4-3-5-13(14)2/h3-6,12H,7-11H2,1-2H3,(H,18,19)(H,20,21). The molecule has 4 heteroatoms. The van der Waals surface area contributed by atoms with Crippen molar-refractivity contribution in [2.75, 3.05) is 6.54 Å². The summed E-state index contributed by atoms with van der Waals surface area (Å²) in [6.45, 7) is 4.24. The van der Waals surface area contributed by atoms with Gasteiger partial charge in [0.1, 0.15) is 0 Å². The van der Waals surface area contributed by atoms with Crippen LogP contribution in [0, 0.1) is 18.3 Å². The van der Waals surface area contributed by atoms with Gasteiger partial charge in [-0.15, -0.1) is 0 Å². The van der Waals surface area contributed by atoms with E-state index in [1.807, 2.05) is 25.1 Å². The number of aliphatic carboxylic acids is 1. The molecular weight excluding hydrogens is 266 g/mol. The minimum atomic E-state index is -0.801. The summed E-state index contributed by atoms with van der Waals surface area (Å²) in [7, 11) is 0. The van der Waals surface area contributed by atoms with Gasteiger partial charge in [0.05, 0.1) is 5.41 Å². The Morgan fingerprint density at radius 3 is 2.48 bits per heavy atom. The van der Waals surface area contributed by atoms with Crippen LogP contribution in [0.25, 0.3) is 0 Å². The lowest BCUT2D eigenvalue weighted by Gasteiger charge is -2.35. The SMILES string of the molecule is Cc1ccccc1C(=O)NCC1(C(=O)O)CCC(C)CC1. The van der Waals surface area contributed by atoms with Crippen LogP contribution >= 0.6 is 0 Å². The van der Waals surface area contributed by atoms with Crippen molar-refractivity contribution >= 4 is 11.9 Å². The topological polar surface area (TPSA) is 66.4 Å². The number of hydrogen-bond acceptors (Lipinski definition) is 2. The molecule has 21 heavy (non-hydrogen) atoms. The first-order valence-corrected chi connectivity index (χ1v) is 7.52. The van der Waals surface area contributed by atoms with Crippen molar-refractivity contribution in [1.82, 2.24) is 5.32 Å². The summed E-state index contributed by atoms with van der Waals surface area (Å²) in [6, 6.07) is 7.34. The van der Waals surface area contributed by atoms with Gasteiger partial charge in [-0.05, 0) is 50.2 Å². The number of carboxylic acid groups (broad SMARTS) is 1. The zero-order chi connectivity index (χ0) is 15.5. The van der Waals surface area contributed by atoms with Gasteiger partial charge in [-0.3, -0.25) is 9.59 Å². The molecule has 0 bridgehead atoms. The van der Waals surface area contributed by atoms with Crippen molar-refractivity contribution in [3.63, 3.8) is 0 Å². The molecule has 0 unspecified atom stereocenters. The average molecular weight is 289 g/mol. The minimum Gasteiger partial charge on any atom is -0.481 e. The summed E-state index contributed by atoms with van der Waals surface area (Å²) in [5.74, 6) is -0.406. The molecule has 0 aliphatic heterocycles. The number of nitrogens with one attached hydrogen (secondary N) is 1. The highest BCUT2D eigenvalue weighted by atomic mass is 16.4. The number of carboxylic acids is 1. The van der Waals surface area contributed by atoms with Crippen molar-refractivity contribution in [2.45, 2.75) is 39.5 Å². The molecule has 0 spiro atoms. The normalized spacial score (nSPS) is 25.3. The van der Waals surface area contributed by atoms with Crippen LogP contribution in [0.4, 0.5) is 0 Å². The third-order valence-corrected chi connectivity index (χ3v) is 4.66. The Hall–Kier alpha value is -1.84. The van der Waals surface area contributed by atoms with E-state index in [1.165, 1.54) is 0 Å². The maximum absolute atomic E-state index is 12.2. The van der Waals surface area contributed by atoms with E-state index in [0.29, 0.717) is 24.3 Å². The first-order chi connectivity index (χ1) is 9.94. The zero-order valence-electron chi connectivity index (χ0n) is 12.7. The van der Waals surface area contributed by atoms with Crippen LogP contribution in [-0.4, -0.2) is 23.5 Å². The van der Waals surface area contributed by atoms with Gasteiger partial charge in [0.2, 0.25) is 0 Å². The Morgan fingerprint density at radius 2 is 1.90 bits per heavy atom. The number of carbonyl (C=O) groups is 2. The highest BCUT2D eigenvalue weighted by molar-refractivity contribution is 5.95. The molecule has 0 atom stereocenters. The van der Waals surface area contributed by atoms with Crippen molar-refractivity contribution in [3.05, 3.63) is 35.4 Å². The average Bonchev–Trinajstić information content (AvgIpc) is 2.47. The van der Waals surface area contributed by atoms with Crippen molar-refractivity contribution < 1.29 is 14.7 Å². The molecule has 1 saturated carbocycles. The van der Waals surface area contributed by atoms with E-state index in [1.54, 1.807) is 6.07 Å². The van der Waals surface area contributed by atoms with E-state index >= 15 is 0 Å². The number of aryl methyl sites for hydroxylation is 1. The Morgan fingerprint density at radius 1 is 1.29 bits per heavy atom. The summed E-state index contributed by atoms with van der Waals surface area (Å²) in [6.07, 6.45) is 3.09. The summed E-state index contributed by atoms with van der Waals surface area (Å²) in [5.41, 5.74) is 0.712. The first-order valence-electron chi connectivity index (χ1n) is 7.52. The molecule has 1 aliphatic carbocycles. The minimum absolute atomic E-state index is 0.188. The van der Waals surface area contributed by atoms with Crippen LogP contribution < -0.4 is 5.32 Å². The quantitative estimate of drug-likeness (QED) is 0.895. The Balaban J connectivity index is 2.04. The molecule has 2 N–H and O–H groups in total. The van der Waals surface area contributed by atoms with Gasteiger partial charge >= 0.3 is 5.97 Å². The zero-order valence-corrected chi connectivity index (χ0v) is 12.7. The Kier molecular flexibility index (Phi) is 4.66. The number of hydrogen-bond donors (Lipinski definition) is 2. The highest BCUT2D eigenvalue weighted by Gasteiger charge is 2.41. The molecule has 1 aliphatic rings.